The number of carbonyl (C=O) groups excluding carboxylic acids is 2. The highest BCUT2D eigenvalue weighted by molar-refractivity contribution is 7.75. The molecule has 1 aliphatic heterocycles. The first-order valence-corrected chi connectivity index (χ1v) is 11.1. The second-order valence-corrected chi connectivity index (χ2v) is 10.8. The molecule has 0 aromatic carbocycles. The average molecular weight is 401 g/mol. The Labute approximate surface area is 161 Å². The van der Waals surface area contributed by atoms with Crippen LogP contribution in [0.3, 0.4) is 0 Å². The molecule has 0 amide bonds. The molecule has 5 fully saturated rings. The van der Waals surface area contributed by atoms with E-state index in [0.717, 1.165) is 19.3 Å². The highest BCUT2D eigenvalue weighted by Crippen LogP contribution is 2.67. The van der Waals surface area contributed by atoms with Gasteiger partial charge in [-0.2, -0.15) is 4.21 Å². The second-order valence-electron chi connectivity index (χ2n) is 9.51. The normalized spacial score (nSPS) is 58.7. The van der Waals surface area contributed by atoms with E-state index in [2.05, 4.69) is 13.8 Å². The number of Topliss-reactive ketones (excluding diaryl/α,β-unsaturated/α-hetero) is 2. The molecule has 7 heteroatoms. The summed E-state index contributed by atoms with van der Waals surface area (Å²) in [5, 5.41) is -0.272. The summed E-state index contributed by atoms with van der Waals surface area (Å²) in [5.41, 5.74) is -1.79. The molecule has 1 saturated heterocycles. The van der Waals surface area contributed by atoms with E-state index in [1.54, 1.807) is 0 Å². The van der Waals surface area contributed by atoms with Crippen molar-refractivity contribution < 1.29 is 22.2 Å². The minimum absolute atomic E-state index is 0.0371. The number of ketones is 2. The first kappa shape index (κ1) is 17.8. The van der Waals surface area contributed by atoms with Crippen molar-refractivity contribution in [3.8, 4) is 0 Å². The molecule has 0 aromatic rings. The van der Waals surface area contributed by atoms with Gasteiger partial charge in [-0.25, -0.2) is 0 Å². The van der Waals surface area contributed by atoms with Gasteiger partial charge in [0.05, 0.1) is 11.5 Å². The maximum Gasteiger partial charge on any atom is 0.305 e. The van der Waals surface area contributed by atoms with Crippen LogP contribution in [0.25, 0.3) is 0 Å². The van der Waals surface area contributed by atoms with Gasteiger partial charge < -0.3 is 0 Å². The minimum atomic E-state index is -1.93. The number of hydrogen-bond acceptors (Lipinski definition) is 5. The van der Waals surface area contributed by atoms with Gasteiger partial charge in [-0.1, -0.05) is 13.8 Å². The zero-order valence-electron chi connectivity index (χ0n) is 15.2. The lowest BCUT2D eigenvalue weighted by molar-refractivity contribution is -0.210. The van der Waals surface area contributed by atoms with Crippen LogP contribution in [0.5, 0.6) is 0 Å². The van der Waals surface area contributed by atoms with Gasteiger partial charge in [0, 0.05) is 30.1 Å². The quantitative estimate of drug-likeness (QED) is 0.584. The van der Waals surface area contributed by atoms with Crippen molar-refractivity contribution in [2.45, 2.75) is 75.9 Å². The molecule has 1 unspecified atom stereocenters. The molecule has 0 aromatic heterocycles. The largest absolute Gasteiger partial charge is 0.305 e. The van der Waals surface area contributed by atoms with E-state index in [9.17, 15) is 13.8 Å². The maximum atomic E-state index is 13.4. The summed E-state index contributed by atoms with van der Waals surface area (Å²) < 4.78 is 23.4. The first-order chi connectivity index (χ1) is 12.2. The molecule has 5 aliphatic rings. The Morgan fingerprint density at radius 3 is 2.65 bits per heavy atom. The van der Waals surface area contributed by atoms with E-state index in [-0.39, 0.29) is 34.3 Å². The van der Waals surface area contributed by atoms with Gasteiger partial charge in [0.25, 0.3) is 0 Å². The number of carbonyl (C=O) groups is 2. The third kappa shape index (κ3) is 1.97. The summed E-state index contributed by atoms with van der Waals surface area (Å²) in [7, 11) is 0. The molecule has 26 heavy (non-hydrogen) atoms. The van der Waals surface area contributed by atoms with Crippen LogP contribution in [0.2, 0.25) is 0 Å². The van der Waals surface area contributed by atoms with E-state index in [4.69, 9.17) is 20.0 Å². The Morgan fingerprint density at radius 2 is 1.88 bits per heavy atom. The highest BCUT2D eigenvalue weighted by Gasteiger charge is 2.72. The van der Waals surface area contributed by atoms with Crippen LogP contribution in [0.15, 0.2) is 0 Å². The summed E-state index contributed by atoms with van der Waals surface area (Å²) >= 11 is 4.68. The van der Waals surface area contributed by atoms with E-state index in [1.165, 1.54) is 0 Å². The molecule has 1 heterocycles. The number of alkyl halides is 1. The predicted molar refractivity (Wildman–Crippen MR) is 95.5 cm³/mol. The van der Waals surface area contributed by atoms with E-state index < -0.39 is 28.5 Å². The molecule has 1 spiro atoms. The minimum Gasteiger partial charge on any atom is -0.299 e. The third-order valence-electron chi connectivity index (χ3n) is 8.68. The molecule has 144 valence electrons. The summed E-state index contributed by atoms with van der Waals surface area (Å²) in [6.45, 7) is 4.21. The van der Waals surface area contributed by atoms with Crippen molar-refractivity contribution in [3.63, 3.8) is 0 Å². The number of hydrogen-bond donors (Lipinski definition) is 0. The fourth-order valence-electron chi connectivity index (χ4n) is 7.25. The Kier molecular flexibility index (Phi) is 3.69. The fraction of sp³-hybridized carbons (Fsp3) is 0.895. The van der Waals surface area contributed by atoms with Gasteiger partial charge in [0.15, 0.2) is 11.4 Å². The summed E-state index contributed by atoms with van der Waals surface area (Å²) in [6.07, 6.45) is 4.33. The lowest BCUT2D eigenvalue weighted by Crippen LogP contribution is -2.71. The number of rotatable bonds is 0. The molecule has 4 saturated carbocycles. The number of halogens is 1. The molecule has 5 rings (SSSR count). The van der Waals surface area contributed by atoms with E-state index in [1.807, 2.05) is 0 Å². The van der Waals surface area contributed by atoms with Crippen LogP contribution in [0.4, 0.5) is 0 Å². The van der Waals surface area contributed by atoms with Crippen molar-refractivity contribution in [2.24, 2.45) is 28.6 Å². The van der Waals surface area contributed by atoms with Crippen LogP contribution in [-0.2, 0) is 29.3 Å². The molecule has 9 atom stereocenters. The van der Waals surface area contributed by atoms with Crippen LogP contribution >= 0.6 is 11.6 Å². The zero-order chi connectivity index (χ0) is 18.5. The fourth-order valence-corrected chi connectivity index (χ4v) is 8.80. The Bertz CT molecular complexity index is 727. The molecule has 0 radical (unpaired) electrons. The van der Waals surface area contributed by atoms with Gasteiger partial charge in [-0.15, -0.1) is 11.6 Å². The van der Waals surface area contributed by atoms with Crippen molar-refractivity contribution in [3.05, 3.63) is 0 Å². The Morgan fingerprint density at radius 1 is 1.12 bits per heavy atom. The van der Waals surface area contributed by atoms with Gasteiger partial charge in [0.2, 0.25) is 0 Å². The van der Waals surface area contributed by atoms with Gasteiger partial charge in [-0.3, -0.25) is 18.0 Å². The lowest BCUT2D eigenvalue weighted by Gasteiger charge is -2.64. The SMILES string of the molecule is C[C@]12CC[C@H]3[C@@H](CC(=O)[C@]45C[C@H](OS(=O)O4)[C@@H](Cl)C[C@]35C)[C@@H]1CCC2=O. The third-order valence-corrected chi connectivity index (χ3v) is 9.94. The Balaban J connectivity index is 1.59. The van der Waals surface area contributed by atoms with Crippen LogP contribution in [0, 0.1) is 28.6 Å². The summed E-state index contributed by atoms with van der Waals surface area (Å²) in [4.78, 5) is 25.9. The smallest absolute Gasteiger partial charge is 0.299 e. The monoisotopic (exact) mass is 400 g/mol. The maximum absolute atomic E-state index is 13.4. The van der Waals surface area contributed by atoms with Gasteiger partial charge in [0.1, 0.15) is 5.78 Å². The van der Waals surface area contributed by atoms with E-state index >= 15 is 0 Å². The average Bonchev–Trinajstić information content (AvgIpc) is 2.87. The molecule has 5 nitrogen and oxygen atoms in total. The topological polar surface area (TPSA) is 69.7 Å². The first-order valence-electron chi connectivity index (χ1n) is 9.70. The van der Waals surface area contributed by atoms with Crippen LogP contribution < -0.4 is 0 Å². The molecular weight excluding hydrogens is 376 g/mol. The molecule has 4 aliphatic carbocycles. The van der Waals surface area contributed by atoms with Crippen molar-refractivity contribution in [2.75, 3.05) is 0 Å². The highest BCUT2D eigenvalue weighted by atomic mass is 35.5. The van der Waals surface area contributed by atoms with Crippen molar-refractivity contribution in [1.29, 1.82) is 0 Å². The van der Waals surface area contributed by atoms with Crippen molar-refractivity contribution in [1.82, 2.24) is 0 Å². The Hall–Kier alpha value is -0.300. The molecule has 0 N–H and O–H groups in total. The van der Waals surface area contributed by atoms with Crippen LogP contribution in [-0.4, -0.2) is 32.9 Å². The lowest BCUT2D eigenvalue weighted by atomic mass is 9.43. The summed E-state index contributed by atoms with van der Waals surface area (Å²) in [5.74, 6) is 1.13. The molecule has 2 bridgehead atoms. The van der Waals surface area contributed by atoms with Crippen molar-refractivity contribution >= 4 is 34.5 Å². The molecular formula is C19H25ClO5S. The zero-order valence-corrected chi connectivity index (χ0v) is 16.7. The van der Waals surface area contributed by atoms with Crippen LogP contribution in [0.1, 0.15) is 58.8 Å². The number of fused-ring (bicyclic) bond motifs is 5. The second kappa shape index (κ2) is 5.40. The predicted octanol–water partition coefficient (Wildman–Crippen LogP) is 3.11. The standard InChI is InChI=1S/C19H25ClO5S/c1-17-6-5-12-10(11(17)3-4-15(17)21)7-16(22)19-9-14(24-26(23)25-19)13(20)8-18(12,19)2/h10-14H,3-9H2,1-2H3/t10-,11-,12-,13-,14-,17-,18+,19-,26?/m0/s1. The summed E-state index contributed by atoms with van der Waals surface area (Å²) in [6, 6.07) is 0. The van der Waals surface area contributed by atoms with Gasteiger partial charge >= 0.3 is 11.4 Å². The van der Waals surface area contributed by atoms with Gasteiger partial charge in [-0.05, 0) is 43.4 Å². The van der Waals surface area contributed by atoms with E-state index in [0.29, 0.717) is 31.5 Å².